The van der Waals surface area contributed by atoms with Gasteiger partial charge in [0.25, 0.3) is 11.6 Å². The van der Waals surface area contributed by atoms with Crippen molar-refractivity contribution < 1.29 is 9.32 Å². The van der Waals surface area contributed by atoms with E-state index in [0.717, 1.165) is 23.9 Å². The molecule has 6 heteroatoms. The van der Waals surface area contributed by atoms with Crippen molar-refractivity contribution in [2.24, 2.45) is 11.7 Å². The highest BCUT2D eigenvalue weighted by Gasteiger charge is 2.41. The quantitative estimate of drug-likeness (QED) is 0.878. The molecule has 0 saturated heterocycles. The Balaban J connectivity index is 1.86. The van der Waals surface area contributed by atoms with Crippen LogP contribution in [0.15, 0.2) is 16.8 Å². The number of pyridine rings is 1. The number of aromatic nitrogens is 2. The van der Waals surface area contributed by atoms with Crippen LogP contribution in [0.25, 0.3) is 11.1 Å². The Bertz CT molecular complexity index is 662. The van der Waals surface area contributed by atoms with Crippen LogP contribution in [0.2, 0.25) is 0 Å². The molecule has 2 aromatic heterocycles. The minimum absolute atomic E-state index is 0.153. The van der Waals surface area contributed by atoms with E-state index in [-0.39, 0.29) is 11.4 Å². The summed E-state index contributed by atoms with van der Waals surface area (Å²) in [6.45, 7) is 4.26. The second kappa shape index (κ2) is 4.56. The van der Waals surface area contributed by atoms with Gasteiger partial charge < -0.3 is 15.6 Å². The molecule has 2 heterocycles. The predicted octanol–water partition coefficient (Wildman–Crippen LogP) is 1.39. The second-order valence-electron chi connectivity index (χ2n) is 5.69. The molecule has 1 amide bonds. The fourth-order valence-corrected chi connectivity index (χ4v) is 2.44. The molecule has 3 N–H and O–H groups in total. The zero-order valence-electron chi connectivity index (χ0n) is 11.6. The molecule has 1 saturated carbocycles. The highest BCUT2D eigenvalue weighted by atomic mass is 16.5. The molecule has 1 atom stereocenters. The van der Waals surface area contributed by atoms with Crippen molar-refractivity contribution in [2.75, 3.05) is 6.54 Å². The lowest BCUT2D eigenvalue weighted by Gasteiger charge is -2.29. The molecule has 1 aliphatic rings. The SMILES string of the molecule is Cc1noc2ncc(C(=O)NC(C)(CN)C3CC3)cc12. The maximum Gasteiger partial charge on any atom is 0.257 e. The lowest BCUT2D eigenvalue weighted by atomic mass is 9.95. The van der Waals surface area contributed by atoms with Gasteiger partial charge in [0, 0.05) is 12.7 Å². The summed E-state index contributed by atoms with van der Waals surface area (Å²) >= 11 is 0. The Morgan fingerprint density at radius 1 is 1.60 bits per heavy atom. The third kappa shape index (κ3) is 2.16. The van der Waals surface area contributed by atoms with E-state index in [4.69, 9.17) is 10.3 Å². The summed E-state index contributed by atoms with van der Waals surface area (Å²) in [6, 6.07) is 1.76. The number of carbonyl (C=O) groups excluding carboxylic acids is 1. The Morgan fingerprint density at radius 2 is 2.35 bits per heavy atom. The van der Waals surface area contributed by atoms with Gasteiger partial charge in [0.05, 0.1) is 22.2 Å². The van der Waals surface area contributed by atoms with Crippen molar-refractivity contribution in [3.8, 4) is 0 Å². The van der Waals surface area contributed by atoms with E-state index in [1.54, 1.807) is 6.07 Å². The summed E-state index contributed by atoms with van der Waals surface area (Å²) in [4.78, 5) is 16.5. The zero-order chi connectivity index (χ0) is 14.3. The standard InChI is InChI=1S/C14H18N4O2/c1-8-11-5-9(6-16-13(11)20-18-8)12(19)17-14(2,7-15)10-3-4-10/h5-6,10H,3-4,7,15H2,1-2H3,(H,17,19). The number of rotatable bonds is 4. The molecule has 1 aliphatic carbocycles. The molecule has 2 aromatic rings. The normalized spacial score (nSPS) is 17.9. The number of amides is 1. The lowest BCUT2D eigenvalue weighted by Crippen LogP contribution is -2.53. The van der Waals surface area contributed by atoms with Gasteiger partial charge in [0.2, 0.25) is 0 Å². The molecule has 6 nitrogen and oxygen atoms in total. The van der Waals surface area contributed by atoms with Crippen LogP contribution >= 0.6 is 0 Å². The van der Waals surface area contributed by atoms with E-state index >= 15 is 0 Å². The third-order valence-corrected chi connectivity index (χ3v) is 4.07. The van der Waals surface area contributed by atoms with Crippen molar-refractivity contribution >= 4 is 17.0 Å². The molecule has 0 aliphatic heterocycles. The molecule has 0 bridgehead atoms. The maximum absolute atomic E-state index is 12.4. The predicted molar refractivity (Wildman–Crippen MR) is 74.2 cm³/mol. The van der Waals surface area contributed by atoms with E-state index in [1.807, 2.05) is 13.8 Å². The average molecular weight is 274 g/mol. The molecule has 0 spiro atoms. The summed E-state index contributed by atoms with van der Waals surface area (Å²) in [6.07, 6.45) is 3.75. The number of nitrogens with zero attached hydrogens (tertiary/aromatic N) is 2. The summed E-state index contributed by atoms with van der Waals surface area (Å²) in [5, 5.41) is 7.64. The van der Waals surface area contributed by atoms with Crippen LogP contribution < -0.4 is 11.1 Å². The fraction of sp³-hybridized carbons (Fsp3) is 0.500. The van der Waals surface area contributed by atoms with E-state index in [1.165, 1.54) is 6.20 Å². The van der Waals surface area contributed by atoms with Gasteiger partial charge in [-0.2, -0.15) is 0 Å². The number of hydrogen-bond acceptors (Lipinski definition) is 5. The van der Waals surface area contributed by atoms with Gasteiger partial charge in [-0.3, -0.25) is 4.79 Å². The minimum atomic E-state index is -0.338. The van der Waals surface area contributed by atoms with E-state index in [2.05, 4.69) is 15.5 Å². The molecule has 20 heavy (non-hydrogen) atoms. The van der Waals surface area contributed by atoms with Crippen molar-refractivity contribution in [3.63, 3.8) is 0 Å². The number of carbonyl (C=O) groups is 1. The number of nitrogens with one attached hydrogen (secondary N) is 1. The summed E-state index contributed by atoms with van der Waals surface area (Å²) in [5.41, 5.74) is 7.16. The van der Waals surface area contributed by atoms with Crippen LogP contribution in [0, 0.1) is 12.8 Å². The topological polar surface area (TPSA) is 94.0 Å². The molecule has 106 valence electrons. The highest BCUT2D eigenvalue weighted by molar-refractivity contribution is 5.97. The maximum atomic E-state index is 12.4. The van der Waals surface area contributed by atoms with Crippen LogP contribution in [0.3, 0.4) is 0 Å². The average Bonchev–Trinajstić information content (AvgIpc) is 3.24. The van der Waals surface area contributed by atoms with Gasteiger partial charge in [-0.25, -0.2) is 4.98 Å². The van der Waals surface area contributed by atoms with Crippen molar-refractivity contribution in [1.82, 2.24) is 15.5 Å². The number of aryl methyl sites for hydroxylation is 1. The first kappa shape index (κ1) is 13.1. The van der Waals surface area contributed by atoms with Crippen LogP contribution in [0.5, 0.6) is 0 Å². The smallest absolute Gasteiger partial charge is 0.257 e. The first-order valence-corrected chi connectivity index (χ1v) is 6.78. The van der Waals surface area contributed by atoms with E-state index in [0.29, 0.717) is 23.7 Å². The first-order chi connectivity index (χ1) is 9.53. The Labute approximate surface area is 116 Å². The lowest BCUT2D eigenvalue weighted by molar-refractivity contribution is 0.0897. The van der Waals surface area contributed by atoms with Crippen LogP contribution in [-0.2, 0) is 0 Å². The number of fused-ring (bicyclic) bond motifs is 1. The largest absolute Gasteiger partial charge is 0.345 e. The summed E-state index contributed by atoms with van der Waals surface area (Å²) in [5.74, 6) is 0.324. The third-order valence-electron chi connectivity index (χ3n) is 4.07. The first-order valence-electron chi connectivity index (χ1n) is 6.78. The van der Waals surface area contributed by atoms with Gasteiger partial charge in [0.15, 0.2) is 0 Å². The molecule has 1 unspecified atom stereocenters. The molecular formula is C14H18N4O2. The van der Waals surface area contributed by atoms with Crippen LogP contribution in [0.4, 0.5) is 0 Å². The van der Waals surface area contributed by atoms with E-state index in [9.17, 15) is 4.79 Å². The van der Waals surface area contributed by atoms with Gasteiger partial charge in [0.1, 0.15) is 0 Å². The fourth-order valence-electron chi connectivity index (χ4n) is 2.44. The van der Waals surface area contributed by atoms with Crippen LogP contribution in [-0.4, -0.2) is 28.1 Å². The Morgan fingerprint density at radius 3 is 3.00 bits per heavy atom. The number of nitrogens with two attached hydrogens (primary N) is 1. The van der Waals surface area contributed by atoms with Gasteiger partial charge in [-0.15, -0.1) is 0 Å². The molecule has 0 radical (unpaired) electrons. The van der Waals surface area contributed by atoms with Gasteiger partial charge in [-0.1, -0.05) is 5.16 Å². The molecule has 3 rings (SSSR count). The Kier molecular flexibility index (Phi) is 2.97. The van der Waals surface area contributed by atoms with E-state index < -0.39 is 0 Å². The van der Waals surface area contributed by atoms with Crippen LogP contribution in [0.1, 0.15) is 35.8 Å². The summed E-state index contributed by atoms with van der Waals surface area (Å²) in [7, 11) is 0. The molecule has 1 fully saturated rings. The monoisotopic (exact) mass is 274 g/mol. The number of hydrogen-bond donors (Lipinski definition) is 2. The highest BCUT2D eigenvalue weighted by Crippen LogP contribution is 2.39. The zero-order valence-corrected chi connectivity index (χ0v) is 11.6. The minimum Gasteiger partial charge on any atom is -0.345 e. The Hall–Kier alpha value is -1.95. The van der Waals surface area contributed by atoms with Crippen molar-refractivity contribution in [3.05, 3.63) is 23.5 Å². The molecule has 0 aromatic carbocycles. The summed E-state index contributed by atoms with van der Waals surface area (Å²) < 4.78 is 5.04. The van der Waals surface area contributed by atoms with Gasteiger partial charge >= 0.3 is 0 Å². The second-order valence-corrected chi connectivity index (χ2v) is 5.69. The van der Waals surface area contributed by atoms with Gasteiger partial charge in [-0.05, 0) is 38.7 Å². The molecular weight excluding hydrogens is 256 g/mol. The van der Waals surface area contributed by atoms with Crippen molar-refractivity contribution in [2.45, 2.75) is 32.2 Å². The van der Waals surface area contributed by atoms with Crippen molar-refractivity contribution in [1.29, 1.82) is 0 Å².